The molecule has 1 unspecified atom stereocenters. The maximum absolute atomic E-state index is 10.5. The van der Waals surface area contributed by atoms with Gasteiger partial charge in [-0.05, 0) is 38.5 Å². The molecule has 3 aromatic rings. The van der Waals surface area contributed by atoms with Gasteiger partial charge in [-0.25, -0.2) is 0 Å². The van der Waals surface area contributed by atoms with E-state index in [1.165, 1.54) is 0 Å². The molecule has 0 aliphatic rings. The van der Waals surface area contributed by atoms with Crippen LogP contribution in [-0.2, 0) is 6.42 Å². The van der Waals surface area contributed by atoms with E-state index in [2.05, 4.69) is 4.98 Å². The highest BCUT2D eigenvalue weighted by atomic mass is 16.3. The lowest BCUT2D eigenvalue weighted by Gasteiger charge is -2.11. The molecule has 3 rings (SSSR count). The van der Waals surface area contributed by atoms with E-state index in [-0.39, 0.29) is 0 Å². The largest absolute Gasteiger partial charge is 0.466 e. The van der Waals surface area contributed by atoms with Crippen LogP contribution < -0.4 is 0 Å². The van der Waals surface area contributed by atoms with E-state index in [4.69, 9.17) is 4.42 Å². The zero-order valence-corrected chi connectivity index (χ0v) is 12.6. The van der Waals surface area contributed by atoms with Gasteiger partial charge in [0.15, 0.2) is 0 Å². The van der Waals surface area contributed by atoms with Crippen molar-refractivity contribution in [2.24, 2.45) is 0 Å². The van der Waals surface area contributed by atoms with Crippen LogP contribution in [0.2, 0.25) is 0 Å². The lowest BCUT2D eigenvalue weighted by Crippen LogP contribution is -2.05. The van der Waals surface area contributed by atoms with Crippen molar-refractivity contribution < 1.29 is 9.52 Å². The molecule has 2 heterocycles. The molecule has 1 N–H and O–H groups in total. The van der Waals surface area contributed by atoms with E-state index in [1.807, 2.05) is 57.2 Å². The highest BCUT2D eigenvalue weighted by molar-refractivity contribution is 5.78. The third-order valence-electron chi connectivity index (χ3n) is 4.01. The zero-order valence-electron chi connectivity index (χ0n) is 12.6. The van der Waals surface area contributed by atoms with Crippen molar-refractivity contribution in [2.45, 2.75) is 33.3 Å². The average Bonchev–Trinajstić information content (AvgIpc) is 2.72. The van der Waals surface area contributed by atoms with Gasteiger partial charge in [0.05, 0.1) is 11.6 Å². The summed E-state index contributed by atoms with van der Waals surface area (Å²) in [6, 6.07) is 12.0. The summed E-state index contributed by atoms with van der Waals surface area (Å²) >= 11 is 0. The van der Waals surface area contributed by atoms with Crippen molar-refractivity contribution in [3.8, 4) is 0 Å². The molecule has 0 aliphatic heterocycles. The van der Waals surface area contributed by atoms with Gasteiger partial charge in [0.25, 0.3) is 0 Å². The Morgan fingerprint density at radius 1 is 1.05 bits per heavy atom. The van der Waals surface area contributed by atoms with Crippen LogP contribution in [-0.4, -0.2) is 10.1 Å². The predicted octanol–water partition coefficient (Wildman–Crippen LogP) is 4.03. The molecule has 0 spiro atoms. The molecule has 0 radical (unpaired) electrons. The number of nitrogens with zero attached hydrogens (tertiary/aromatic N) is 1. The first-order valence-electron chi connectivity index (χ1n) is 7.15. The number of hydrogen-bond donors (Lipinski definition) is 1. The molecule has 0 amide bonds. The minimum atomic E-state index is -0.587. The average molecular weight is 281 g/mol. The van der Waals surface area contributed by atoms with Gasteiger partial charge < -0.3 is 9.52 Å². The van der Waals surface area contributed by atoms with Crippen LogP contribution in [0.3, 0.4) is 0 Å². The topological polar surface area (TPSA) is 46.3 Å². The van der Waals surface area contributed by atoms with Crippen LogP contribution in [0.5, 0.6) is 0 Å². The van der Waals surface area contributed by atoms with Crippen LogP contribution in [0.15, 0.2) is 40.8 Å². The number of aliphatic hydroxyl groups is 1. The summed E-state index contributed by atoms with van der Waals surface area (Å²) in [5, 5.41) is 11.6. The number of aromatic nitrogens is 1. The Hall–Kier alpha value is -2.13. The smallest absolute Gasteiger partial charge is 0.107 e. The number of rotatable bonds is 3. The second-order valence-electron chi connectivity index (χ2n) is 5.47. The second kappa shape index (κ2) is 5.34. The molecule has 2 aromatic heterocycles. The van der Waals surface area contributed by atoms with Crippen LogP contribution in [0.25, 0.3) is 10.9 Å². The molecule has 1 aromatic carbocycles. The van der Waals surface area contributed by atoms with E-state index >= 15 is 0 Å². The monoisotopic (exact) mass is 281 g/mol. The van der Waals surface area contributed by atoms with E-state index in [0.29, 0.717) is 6.42 Å². The van der Waals surface area contributed by atoms with Gasteiger partial charge in [0, 0.05) is 23.1 Å². The third kappa shape index (κ3) is 2.57. The second-order valence-corrected chi connectivity index (χ2v) is 5.47. The fourth-order valence-electron chi connectivity index (χ4n) is 2.82. The van der Waals surface area contributed by atoms with Crippen molar-refractivity contribution in [1.29, 1.82) is 0 Å². The number of para-hydroxylation sites is 1. The Balaban J connectivity index is 1.90. The summed E-state index contributed by atoms with van der Waals surface area (Å²) in [5.74, 6) is 1.66. The number of benzene rings is 1. The lowest BCUT2D eigenvalue weighted by atomic mass is 10.00. The third-order valence-corrected chi connectivity index (χ3v) is 4.01. The fraction of sp³-hybridized carbons (Fsp3) is 0.278. The van der Waals surface area contributed by atoms with Gasteiger partial charge in [-0.2, -0.15) is 0 Å². The van der Waals surface area contributed by atoms with Crippen molar-refractivity contribution in [1.82, 2.24) is 4.98 Å². The quantitative estimate of drug-likeness (QED) is 0.788. The highest BCUT2D eigenvalue weighted by Gasteiger charge is 2.19. The number of fused-ring (bicyclic) bond motifs is 1. The van der Waals surface area contributed by atoms with Gasteiger partial charge in [-0.3, -0.25) is 4.98 Å². The molecule has 0 bridgehead atoms. The number of pyridine rings is 1. The molecule has 0 fully saturated rings. The fourth-order valence-corrected chi connectivity index (χ4v) is 2.82. The molecule has 1 atom stereocenters. The number of furan rings is 1. The van der Waals surface area contributed by atoms with Crippen LogP contribution in [0.1, 0.15) is 34.4 Å². The molecule has 0 aliphatic carbocycles. The summed E-state index contributed by atoms with van der Waals surface area (Å²) in [6.45, 7) is 5.80. The van der Waals surface area contributed by atoms with Crippen LogP contribution in [0.4, 0.5) is 0 Å². The number of aryl methyl sites for hydroxylation is 2. The Morgan fingerprint density at radius 3 is 2.52 bits per heavy atom. The molecule has 0 saturated heterocycles. The minimum Gasteiger partial charge on any atom is -0.466 e. The van der Waals surface area contributed by atoms with Crippen molar-refractivity contribution in [2.75, 3.05) is 0 Å². The Bertz CT molecular complexity index is 789. The molecule has 21 heavy (non-hydrogen) atoms. The van der Waals surface area contributed by atoms with E-state index in [1.54, 1.807) is 0 Å². The predicted molar refractivity (Wildman–Crippen MR) is 83.3 cm³/mol. The standard InChI is InChI=1S/C18H19NO2/c1-11-12(2)21-13(3)18(11)17(20)10-15-9-8-14-6-4-5-7-16(14)19-15/h4-9,17,20H,10H2,1-3H3. The summed E-state index contributed by atoms with van der Waals surface area (Å²) < 4.78 is 5.59. The summed E-state index contributed by atoms with van der Waals surface area (Å²) in [6.07, 6.45) is -0.0954. The van der Waals surface area contributed by atoms with Crippen molar-refractivity contribution in [3.63, 3.8) is 0 Å². The Labute approximate surface area is 124 Å². The number of aliphatic hydroxyl groups excluding tert-OH is 1. The SMILES string of the molecule is Cc1oc(C)c(C(O)Cc2ccc3ccccc3n2)c1C. The van der Waals surface area contributed by atoms with Crippen molar-refractivity contribution >= 4 is 10.9 Å². The highest BCUT2D eigenvalue weighted by Crippen LogP contribution is 2.29. The Morgan fingerprint density at radius 2 is 1.81 bits per heavy atom. The lowest BCUT2D eigenvalue weighted by molar-refractivity contribution is 0.174. The first-order valence-corrected chi connectivity index (χ1v) is 7.15. The zero-order chi connectivity index (χ0) is 15.0. The normalized spacial score (nSPS) is 12.8. The summed E-state index contributed by atoms with van der Waals surface area (Å²) in [7, 11) is 0. The molecule has 0 saturated carbocycles. The summed E-state index contributed by atoms with van der Waals surface area (Å²) in [4.78, 5) is 4.62. The maximum Gasteiger partial charge on any atom is 0.107 e. The maximum atomic E-state index is 10.5. The van der Waals surface area contributed by atoms with Gasteiger partial charge in [-0.1, -0.05) is 24.3 Å². The van der Waals surface area contributed by atoms with Gasteiger partial charge in [0.2, 0.25) is 0 Å². The molecular weight excluding hydrogens is 262 g/mol. The molecule has 108 valence electrons. The molecular formula is C18H19NO2. The van der Waals surface area contributed by atoms with Crippen LogP contribution >= 0.6 is 0 Å². The van der Waals surface area contributed by atoms with Gasteiger partial charge in [-0.15, -0.1) is 0 Å². The van der Waals surface area contributed by atoms with E-state index in [9.17, 15) is 5.11 Å². The minimum absolute atomic E-state index is 0.492. The first kappa shape index (κ1) is 13.8. The van der Waals surface area contributed by atoms with Gasteiger partial charge >= 0.3 is 0 Å². The van der Waals surface area contributed by atoms with E-state index in [0.717, 1.165) is 39.2 Å². The Kier molecular flexibility index (Phi) is 3.52. The van der Waals surface area contributed by atoms with Crippen LogP contribution in [0, 0.1) is 20.8 Å². The molecule has 3 heteroatoms. The van der Waals surface area contributed by atoms with Gasteiger partial charge in [0.1, 0.15) is 11.5 Å². The van der Waals surface area contributed by atoms with Crippen molar-refractivity contribution in [3.05, 3.63) is 64.7 Å². The first-order chi connectivity index (χ1) is 10.1. The molecule has 3 nitrogen and oxygen atoms in total. The number of hydrogen-bond acceptors (Lipinski definition) is 3. The van der Waals surface area contributed by atoms with E-state index < -0.39 is 6.10 Å². The summed E-state index contributed by atoms with van der Waals surface area (Å²) in [5.41, 5.74) is 3.76.